The average molecular weight is 389 g/mol. The molecule has 1 aromatic heterocycles. The van der Waals surface area contributed by atoms with Crippen LogP contribution in [0.15, 0.2) is 42.5 Å². The number of para-hydroxylation sites is 1. The van der Waals surface area contributed by atoms with Gasteiger partial charge in [-0.2, -0.15) is 0 Å². The normalized spacial score (nSPS) is 11.6. The molecule has 2 aromatic carbocycles. The van der Waals surface area contributed by atoms with Gasteiger partial charge in [-0.3, -0.25) is 10.1 Å². The number of nitrogens with one attached hydrogen (secondary N) is 1. The van der Waals surface area contributed by atoms with Gasteiger partial charge in [-0.15, -0.1) is 12.4 Å². The van der Waals surface area contributed by atoms with Gasteiger partial charge in [0.1, 0.15) is 5.39 Å². The van der Waals surface area contributed by atoms with E-state index in [4.69, 9.17) is 0 Å². The van der Waals surface area contributed by atoms with E-state index in [1.807, 2.05) is 30.3 Å². The first-order chi connectivity index (χ1) is 12.3. The van der Waals surface area contributed by atoms with Gasteiger partial charge in [0.2, 0.25) is 0 Å². The minimum absolute atomic E-state index is 0. The van der Waals surface area contributed by atoms with Crippen molar-refractivity contribution in [2.24, 2.45) is 0 Å². The fraction of sp³-hybridized carbons (Fsp3) is 0.350. The molecule has 0 radical (unpaired) electrons. The molecule has 1 N–H and O–H groups in total. The number of nitro benzene ring substituents is 1. The summed E-state index contributed by atoms with van der Waals surface area (Å²) in [5.74, 6) is 0. The predicted molar refractivity (Wildman–Crippen MR) is 114 cm³/mol. The van der Waals surface area contributed by atoms with Crippen LogP contribution in [0.2, 0.25) is 0 Å². The highest BCUT2D eigenvalue weighted by molar-refractivity contribution is 6.11. The van der Waals surface area contributed by atoms with Gasteiger partial charge in [0.05, 0.1) is 21.6 Å². The van der Waals surface area contributed by atoms with Crippen LogP contribution in [0.25, 0.3) is 21.8 Å². The number of nitrogens with zero attached hydrogens (tertiary/aromatic N) is 3. The minimum Gasteiger partial charge on any atom is -0.384 e. The quantitative estimate of drug-likeness (QED) is 0.371. The molecule has 144 valence electrons. The fourth-order valence-electron chi connectivity index (χ4n) is 2.98. The Morgan fingerprint density at radius 1 is 1.11 bits per heavy atom. The SMILES string of the molecule is CN(C)C(C)(C)CCNc1c2ccccc2nc2cccc([N+](=O)[O-])c12.Cl. The zero-order chi connectivity index (χ0) is 18.9. The summed E-state index contributed by atoms with van der Waals surface area (Å²) in [6.45, 7) is 5.07. The Bertz CT molecular complexity index is 973. The zero-order valence-corrected chi connectivity index (χ0v) is 16.8. The monoisotopic (exact) mass is 388 g/mol. The van der Waals surface area contributed by atoms with Crippen molar-refractivity contribution in [1.29, 1.82) is 0 Å². The van der Waals surface area contributed by atoms with Gasteiger partial charge in [-0.1, -0.05) is 24.3 Å². The van der Waals surface area contributed by atoms with Crippen molar-refractivity contribution in [3.8, 4) is 0 Å². The Hall–Kier alpha value is -2.44. The lowest BCUT2D eigenvalue weighted by atomic mass is 9.99. The molecule has 0 amide bonds. The highest BCUT2D eigenvalue weighted by Crippen LogP contribution is 2.36. The van der Waals surface area contributed by atoms with E-state index in [-0.39, 0.29) is 28.6 Å². The Morgan fingerprint density at radius 2 is 1.78 bits per heavy atom. The standard InChI is InChI=1S/C20H24N4O2.ClH/c1-20(2,23(3)4)12-13-21-19-14-8-5-6-9-15(14)22-16-10-7-11-17(18(16)19)24(25)26;/h5-11H,12-13H2,1-4H3,(H,21,22);1H. The van der Waals surface area contributed by atoms with Gasteiger partial charge in [0.25, 0.3) is 5.69 Å². The number of hydrogen-bond acceptors (Lipinski definition) is 5. The summed E-state index contributed by atoms with van der Waals surface area (Å²) in [4.78, 5) is 18.0. The smallest absolute Gasteiger partial charge is 0.280 e. The first-order valence-corrected chi connectivity index (χ1v) is 8.68. The summed E-state index contributed by atoms with van der Waals surface area (Å²) in [6.07, 6.45) is 0.902. The molecule has 0 aliphatic heterocycles. The number of rotatable bonds is 6. The Balaban J connectivity index is 0.00000261. The summed E-state index contributed by atoms with van der Waals surface area (Å²) >= 11 is 0. The maximum Gasteiger partial charge on any atom is 0.280 e. The van der Waals surface area contributed by atoms with Gasteiger partial charge in [-0.05, 0) is 46.5 Å². The van der Waals surface area contributed by atoms with Gasteiger partial charge < -0.3 is 10.2 Å². The van der Waals surface area contributed by atoms with Crippen LogP contribution >= 0.6 is 12.4 Å². The predicted octanol–water partition coefficient (Wildman–Crippen LogP) is 4.86. The van der Waals surface area contributed by atoms with Crippen LogP contribution in [-0.4, -0.2) is 41.0 Å². The Morgan fingerprint density at radius 3 is 2.44 bits per heavy atom. The number of halogens is 1. The molecule has 0 spiro atoms. The molecule has 0 unspecified atom stereocenters. The van der Waals surface area contributed by atoms with Crippen LogP contribution in [-0.2, 0) is 0 Å². The second-order valence-electron chi connectivity index (χ2n) is 7.32. The molecule has 0 aliphatic carbocycles. The third kappa shape index (κ3) is 4.12. The molecule has 0 aliphatic rings. The van der Waals surface area contributed by atoms with Crippen LogP contribution in [0.5, 0.6) is 0 Å². The number of nitro groups is 1. The van der Waals surface area contributed by atoms with E-state index in [1.54, 1.807) is 6.07 Å². The summed E-state index contributed by atoms with van der Waals surface area (Å²) in [6, 6.07) is 12.8. The molecular weight excluding hydrogens is 364 g/mol. The highest BCUT2D eigenvalue weighted by Gasteiger charge is 2.22. The largest absolute Gasteiger partial charge is 0.384 e. The first kappa shape index (κ1) is 20.9. The van der Waals surface area contributed by atoms with Gasteiger partial charge >= 0.3 is 0 Å². The lowest BCUT2D eigenvalue weighted by molar-refractivity contribution is -0.383. The first-order valence-electron chi connectivity index (χ1n) is 8.68. The van der Waals surface area contributed by atoms with Crippen LogP contribution in [0.3, 0.4) is 0 Å². The van der Waals surface area contributed by atoms with Crippen molar-refractivity contribution in [2.75, 3.05) is 26.0 Å². The van der Waals surface area contributed by atoms with Gasteiger partial charge in [0, 0.05) is 23.5 Å². The lowest BCUT2D eigenvalue weighted by Gasteiger charge is -2.32. The zero-order valence-electron chi connectivity index (χ0n) is 16.0. The van der Waals surface area contributed by atoms with Crippen LogP contribution in [0.4, 0.5) is 11.4 Å². The Labute approximate surface area is 165 Å². The van der Waals surface area contributed by atoms with E-state index < -0.39 is 0 Å². The number of fused-ring (bicyclic) bond motifs is 2. The molecule has 0 bridgehead atoms. The summed E-state index contributed by atoms with van der Waals surface area (Å²) in [7, 11) is 4.12. The van der Waals surface area contributed by atoms with E-state index in [9.17, 15) is 10.1 Å². The average Bonchev–Trinajstić information content (AvgIpc) is 2.60. The molecule has 27 heavy (non-hydrogen) atoms. The molecule has 0 fully saturated rings. The lowest BCUT2D eigenvalue weighted by Crippen LogP contribution is -2.39. The van der Waals surface area contributed by atoms with Crippen LogP contribution in [0.1, 0.15) is 20.3 Å². The van der Waals surface area contributed by atoms with Crippen molar-refractivity contribution < 1.29 is 4.92 Å². The van der Waals surface area contributed by atoms with Crippen molar-refractivity contribution in [3.63, 3.8) is 0 Å². The van der Waals surface area contributed by atoms with Crippen LogP contribution in [0, 0.1) is 10.1 Å². The van der Waals surface area contributed by atoms with E-state index in [0.29, 0.717) is 17.4 Å². The molecule has 0 saturated carbocycles. The molecular formula is C20H25ClN4O2. The fourth-order valence-corrected chi connectivity index (χ4v) is 2.98. The van der Waals surface area contributed by atoms with E-state index in [0.717, 1.165) is 23.0 Å². The van der Waals surface area contributed by atoms with E-state index >= 15 is 0 Å². The van der Waals surface area contributed by atoms with Crippen molar-refractivity contribution in [2.45, 2.75) is 25.8 Å². The number of pyridine rings is 1. The van der Waals surface area contributed by atoms with E-state index in [2.05, 4.69) is 43.1 Å². The summed E-state index contributed by atoms with van der Waals surface area (Å²) in [5, 5.41) is 16.5. The molecule has 0 atom stereocenters. The van der Waals surface area contributed by atoms with Crippen molar-refractivity contribution in [3.05, 3.63) is 52.6 Å². The second-order valence-corrected chi connectivity index (χ2v) is 7.32. The second kappa shape index (κ2) is 8.06. The molecule has 3 rings (SSSR count). The van der Waals surface area contributed by atoms with E-state index in [1.165, 1.54) is 6.07 Å². The van der Waals surface area contributed by atoms with Crippen molar-refractivity contribution in [1.82, 2.24) is 9.88 Å². The topological polar surface area (TPSA) is 71.3 Å². The van der Waals surface area contributed by atoms with Gasteiger partial charge in [0.15, 0.2) is 0 Å². The molecule has 3 aromatic rings. The van der Waals surface area contributed by atoms with Crippen molar-refractivity contribution >= 4 is 45.6 Å². The number of non-ortho nitro benzene ring substituents is 1. The Kier molecular flexibility index (Phi) is 6.23. The number of anilines is 1. The summed E-state index contributed by atoms with van der Waals surface area (Å²) < 4.78 is 0. The highest BCUT2D eigenvalue weighted by atomic mass is 35.5. The third-order valence-electron chi connectivity index (χ3n) is 5.13. The maximum atomic E-state index is 11.6. The minimum atomic E-state index is -0.340. The number of hydrogen-bond donors (Lipinski definition) is 1. The molecule has 7 heteroatoms. The maximum absolute atomic E-state index is 11.6. The molecule has 0 saturated heterocycles. The number of benzene rings is 2. The molecule has 1 heterocycles. The van der Waals surface area contributed by atoms with Crippen LogP contribution < -0.4 is 5.32 Å². The molecule has 6 nitrogen and oxygen atoms in total. The van der Waals surface area contributed by atoms with Gasteiger partial charge in [-0.25, -0.2) is 4.98 Å². The number of aromatic nitrogens is 1. The summed E-state index contributed by atoms with van der Waals surface area (Å²) in [5.41, 5.74) is 2.35. The third-order valence-corrected chi connectivity index (χ3v) is 5.13.